The molecule has 64 valence electrons. The van der Waals surface area contributed by atoms with E-state index in [1.807, 2.05) is 6.26 Å². The molecule has 0 saturated carbocycles. The molecule has 12 heavy (non-hydrogen) atoms. The highest BCUT2D eigenvalue weighted by atomic mass is 32.2. The molecule has 0 aromatic heterocycles. The Kier molecular flexibility index (Phi) is 3.17. The van der Waals surface area contributed by atoms with Crippen LogP contribution in [0.2, 0.25) is 0 Å². The number of carbonyl (C=O) groups excluding carboxylic acids is 1. The summed E-state index contributed by atoms with van der Waals surface area (Å²) in [6.45, 7) is 0. The lowest BCUT2D eigenvalue weighted by Crippen LogP contribution is -2.00. The molecule has 1 rings (SSSR count). The maximum Gasteiger partial charge on any atom is 0.172 e. The second kappa shape index (κ2) is 4.16. The lowest BCUT2D eigenvalue weighted by atomic mass is 10.1. The number of hydrogen-bond acceptors (Lipinski definition) is 3. The van der Waals surface area contributed by atoms with Gasteiger partial charge in [0.15, 0.2) is 5.78 Å². The molecule has 0 spiro atoms. The standard InChI is InChI=1S/C9H10O2S/c1-12-6-9(11)7-3-2-4-8(10)5-7/h2-5,10H,6H2,1H3. The number of phenolic OH excluding ortho intramolecular Hbond substituents is 1. The van der Waals surface area contributed by atoms with E-state index in [0.717, 1.165) is 0 Å². The lowest BCUT2D eigenvalue weighted by molar-refractivity contribution is 0.102. The predicted molar refractivity (Wildman–Crippen MR) is 50.8 cm³/mol. The summed E-state index contributed by atoms with van der Waals surface area (Å²) >= 11 is 1.48. The number of thioether (sulfide) groups is 1. The van der Waals surface area contributed by atoms with Crippen LogP contribution >= 0.6 is 11.8 Å². The second-order valence-electron chi connectivity index (χ2n) is 2.41. The van der Waals surface area contributed by atoms with E-state index < -0.39 is 0 Å². The topological polar surface area (TPSA) is 37.3 Å². The minimum absolute atomic E-state index is 0.0541. The van der Waals surface area contributed by atoms with Crippen molar-refractivity contribution in [2.45, 2.75) is 0 Å². The van der Waals surface area contributed by atoms with E-state index in [1.165, 1.54) is 17.8 Å². The molecule has 0 unspecified atom stereocenters. The van der Waals surface area contributed by atoms with Crippen LogP contribution in [0.25, 0.3) is 0 Å². The van der Waals surface area contributed by atoms with Gasteiger partial charge in [-0.1, -0.05) is 12.1 Å². The fourth-order valence-corrected chi connectivity index (χ4v) is 1.32. The van der Waals surface area contributed by atoms with Gasteiger partial charge in [-0.05, 0) is 18.4 Å². The normalized spacial score (nSPS) is 9.75. The molecule has 0 bridgehead atoms. The van der Waals surface area contributed by atoms with Gasteiger partial charge in [0.25, 0.3) is 0 Å². The molecule has 0 heterocycles. The van der Waals surface area contributed by atoms with E-state index in [2.05, 4.69) is 0 Å². The summed E-state index contributed by atoms with van der Waals surface area (Å²) in [4.78, 5) is 11.3. The van der Waals surface area contributed by atoms with Crippen molar-refractivity contribution in [2.75, 3.05) is 12.0 Å². The minimum Gasteiger partial charge on any atom is -0.508 e. The number of rotatable bonds is 3. The monoisotopic (exact) mass is 182 g/mol. The highest BCUT2D eigenvalue weighted by molar-refractivity contribution is 7.99. The molecule has 1 N–H and O–H groups in total. The van der Waals surface area contributed by atoms with Crippen molar-refractivity contribution in [1.82, 2.24) is 0 Å². The fourth-order valence-electron chi connectivity index (χ4n) is 0.894. The summed E-state index contributed by atoms with van der Waals surface area (Å²) in [5.41, 5.74) is 0.573. The van der Waals surface area contributed by atoms with E-state index >= 15 is 0 Å². The summed E-state index contributed by atoms with van der Waals surface area (Å²) in [6, 6.07) is 6.41. The van der Waals surface area contributed by atoms with E-state index in [4.69, 9.17) is 5.11 Å². The number of carbonyl (C=O) groups is 1. The third-order valence-corrected chi connectivity index (χ3v) is 1.99. The molecule has 0 saturated heterocycles. The third-order valence-electron chi connectivity index (χ3n) is 1.44. The Bertz CT molecular complexity index is 284. The maximum absolute atomic E-state index is 11.3. The lowest BCUT2D eigenvalue weighted by Gasteiger charge is -1.98. The molecule has 0 aliphatic carbocycles. The van der Waals surface area contributed by atoms with Crippen LogP contribution in [0, 0.1) is 0 Å². The van der Waals surface area contributed by atoms with Gasteiger partial charge in [0.1, 0.15) is 5.75 Å². The molecule has 2 nitrogen and oxygen atoms in total. The average Bonchev–Trinajstić information content (AvgIpc) is 2.05. The zero-order valence-corrected chi connectivity index (χ0v) is 7.60. The summed E-state index contributed by atoms with van der Waals surface area (Å²) in [5.74, 6) is 0.657. The van der Waals surface area contributed by atoms with Crippen LogP contribution in [0.5, 0.6) is 5.75 Å². The fraction of sp³-hybridized carbons (Fsp3) is 0.222. The van der Waals surface area contributed by atoms with E-state index in [0.29, 0.717) is 11.3 Å². The molecule has 0 fully saturated rings. The zero-order valence-electron chi connectivity index (χ0n) is 6.78. The highest BCUT2D eigenvalue weighted by Gasteiger charge is 2.04. The Morgan fingerprint density at radius 3 is 2.92 bits per heavy atom. The molecule has 0 atom stereocenters. The Hall–Kier alpha value is -0.960. The van der Waals surface area contributed by atoms with Gasteiger partial charge in [-0.3, -0.25) is 4.79 Å². The SMILES string of the molecule is CSCC(=O)c1cccc(O)c1. The van der Waals surface area contributed by atoms with Crippen molar-refractivity contribution < 1.29 is 9.90 Å². The van der Waals surface area contributed by atoms with Gasteiger partial charge in [-0.15, -0.1) is 0 Å². The van der Waals surface area contributed by atoms with Crippen LogP contribution in [0.1, 0.15) is 10.4 Å². The molecule has 3 heteroatoms. The summed E-state index contributed by atoms with van der Waals surface area (Å²) in [6.07, 6.45) is 1.88. The molecule has 0 amide bonds. The van der Waals surface area contributed by atoms with Crippen LogP contribution in [-0.4, -0.2) is 22.9 Å². The smallest absolute Gasteiger partial charge is 0.172 e. The predicted octanol–water partition coefficient (Wildman–Crippen LogP) is 1.94. The molecule has 0 aliphatic heterocycles. The van der Waals surface area contributed by atoms with Gasteiger partial charge >= 0.3 is 0 Å². The van der Waals surface area contributed by atoms with Crippen molar-refractivity contribution >= 4 is 17.5 Å². The first kappa shape index (κ1) is 9.13. The van der Waals surface area contributed by atoms with Crippen molar-refractivity contribution in [2.24, 2.45) is 0 Å². The van der Waals surface area contributed by atoms with Crippen LogP contribution in [0.4, 0.5) is 0 Å². The van der Waals surface area contributed by atoms with Gasteiger partial charge in [-0.25, -0.2) is 0 Å². The zero-order chi connectivity index (χ0) is 8.97. The van der Waals surface area contributed by atoms with Crippen molar-refractivity contribution in [3.8, 4) is 5.75 Å². The maximum atomic E-state index is 11.3. The third kappa shape index (κ3) is 2.27. The molecular weight excluding hydrogens is 172 g/mol. The first-order valence-electron chi connectivity index (χ1n) is 3.55. The minimum atomic E-state index is 0.0541. The van der Waals surface area contributed by atoms with Gasteiger partial charge in [-0.2, -0.15) is 11.8 Å². The average molecular weight is 182 g/mol. The number of hydrogen-bond donors (Lipinski definition) is 1. The molecule has 0 aliphatic rings. The van der Waals surface area contributed by atoms with Gasteiger partial charge in [0, 0.05) is 5.56 Å². The van der Waals surface area contributed by atoms with E-state index in [-0.39, 0.29) is 11.5 Å². The highest BCUT2D eigenvalue weighted by Crippen LogP contribution is 2.12. The van der Waals surface area contributed by atoms with Crippen molar-refractivity contribution in [3.05, 3.63) is 29.8 Å². The first-order valence-corrected chi connectivity index (χ1v) is 4.94. The molecular formula is C9H10O2S. The number of phenols is 1. The van der Waals surface area contributed by atoms with Crippen molar-refractivity contribution in [3.63, 3.8) is 0 Å². The molecule has 1 aromatic carbocycles. The largest absolute Gasteiger partial charge is 0.508 e. The second-order valence-corrected chi connectivity index (χ2v) is 3.27. The first-order chi connectivity index (χ1) is 5.74. The van der Waals surface area contributed by atoms with Crippen LogP contribution in [-0.2, 0) is 0 Å². The molecule has 1 aromatic rings. The van der Waals surface area contributed by atoms with Crippen LogP contribution in [0.15, 0.2) is 24.3 Å². The van der Waals surface area contributed by atoms with E-state index in [1.54, 1.807) is 18.2 Å². The Balaban J connectivity index is 2.81. The van der Waals surface area contributed by atoms with Gasteiger partial charge < -0.3 is 5.11 Å². The Labute approximate surface area is 75.6 Å². The van der Waals surface area contributed by atoms with Crippen LogP contribution in [0.3, 0.4) is 0 Å². The quantitative estimate of drug-likeness (QED) is 0.726. The van der Waals surface area contributed by atoms with Crippen molar-refractivity contribution in [1.29, 1.82) is 0 Å². The number of ketones is 1. The summed E-state index contributed by atoms with van der Waals surface area (Å²) in [7, 11) is 0. The van der Waals surface area contributed by atoms with Gasteiger partial charge in [0.05, 0.1) is 5.75 Å². The number of benzene rings is 1. The van der Waals surface area contributed by atoms with E-state index in [9.17, 15) is 4.79 Å². The van der Waals surface area contributed by atoms with Crippen LogP contribution < -0.4 is 0 Å². The number of Topliss-reactive ketones (excluding diaryl/α,β-unsaturated/α-hetero) is 1. The molecule has 0 radical (unpaired) electrons. The Morgan fingerprint density at radius 1 is 1.58 bits per heavy atom. The number of aromatic hydroxyl groups is 1. The summed E-state index contributed by atoms with van der Waals surface area (Å²) < 4.78 is 0. The Morgan fingerprint density at radius 2 is 2.33 bits per heavy atom. The van der Waals surface area contributed by atoms with Gasteiger partial charge in [0.2, 0.25) is 0 Å². The summed E-state index contributed by atoms with van der Waals surface area (Å²) in [5, 5.41) is 9.07.